The Bertz CT molecular complexity index is 1560. The highest BCUT2D eigenvalue weighted by Gasteiger charge is 2.14. The van der Waals surface area contributed by atoms with Crippen LogP contribution in [-0.4, -0.2) is 20.1 Å². The molecule has 0 radical (unpaired) electrons. The molecule has 0 saturated heterocycles. The van der Waals surface area contributed by atoms with Crippen LogP contribution in [0.1, 0.15) is 44.1 Å². The molecule has 5 rings (SSSR count). The summed E-state index contributed by atoms with van der Waals surface area (Å²) >= 11 is 1.55. The third kappa shape index (κ3) is 5.86. The zero-order valence-corrected chi connectivity index (χ0v) is 22.0. The summed E-state index contributed by atoms with van der Waals surface area (Å²) < 4.78 is 19.6. The van der Waals surface area contributed by atoms with E-state index in [0.29, 0.717) is 17.2 Å². The van der Waals surface area contributed by atoms with E-state index in [4.69, 9.17) is 9.72 Å². The summed E-state index contributed by atoms with van der Waals surface area (Å²) in [5.41, 5.74) is 3.26. The lowest BCUT2D eigenvalue weighted by Crippen LogP contribution is -2.04. The van der Waals surface area contributed by atoms with Crippen LogP contribution in [0.2, 0.25) is 0 Å². The zero-order chi connectivity index (χ0) is 26.6. The predicted molar refractivity (Wildman–Crippen MR) is 149 cm³/mol. The summed E-state index contributed by atoms with van der Waals surface area (Å²) in [7, 11) is 0. The van der Waals surface area contributed by atoms with Crippen LogP contribution in [0.25, 0.3) is 11.0 Å². The van der Waals surface area contributed by atoms with Crippen LogP contribution in [-0.2, 0) is 0 Å². The molecule has 192 valence electrons. The van der Waals surface area contributed by atoms with Crippen molar-refractivity contribution in [1.29, 1.82) is 0 Å². The van der Waals surface area contributed by atoms with Crippen LogP contribution in [0.15, 0.2) is 95.0 Å². The second-order valence-corrected chi connectivity index (χ2v) is 10.3. The predicted octanol–water partition coefficient (Wildman–Crippen LogP) is 8.03. The summed E-state index contributed by atoms with van der Waals surface area (Å²) in [5.74, 6) is 1.50. The zero-order valence-electron chi connectivity index (χ0n) is 21.2. The fourth-order valence-electron chi connectivity index (χ4n) is 3.92. The van der Waals surface area contributed by atoms with Gasteiger partial charge in [-0.15, -0.1) is 0 Å². The molecule has 2 aromatic heterocycles. The van der Waals surface area contributed by atoms with Crippen molar-refractivity contribution in [3.05, 3.63) is 102 Å². The molecular formula is C30H27FN4O2S. The fraction of sp³-hybridized carbons (Fsp3) is 0.167. The maximum Gasteiger partial charge on any atom is 0.164 e. The SMILES string of the molecule is CC(C)c1ccc2c(Nc3cc(OC(C)c4ccc(F)cc4)ccc3Sc3ccc(O)cc3)ncnc2n1. The average Bonchev–Trinajstić information content (AvgIpc) is 2.91. The summed E-state index contributed by atoms with van der Waals surface area (Å²) in [4.78, 5) is 15.5. The molecule has 1 unspecified atom stereocenters. The van der Waals surface area contributed by atoms with E-state index < -0.39 is 0 Å². The van der Waals surface area contributed by atoms with Gasteiger partial charge < -0.3 is 15.2 Å². The first-order valence-electron chi connectivity index (χ1n) is 12.3. The lowest BCUT2D eigenvalue weighted by Gasteiger charge is -2.18. The first kappa shape index (κ1) is 25.5. The van der Waals surface area contributed by atoms with Crippen LogP contribution < -0.4 is 10.1 Å². The Morgan fingerprint density at radius 2 is 1.66 bits per heavy atom. The molecule has 8 heteroatoms. The van der Waals surface area contributed by atoms with E-state index in [1.807, 2.05) is 49.4 Å². The van der Waals surface area contributed by atoms with Gasteiger partial charge in [-0.3, -0.25) is 0 Å². The second-order valence-electron chi connectivity index (χ2n) is 9.17. The standard InChI is InChI=1S/C30H27FN4O2S/c1-18(2)26-14-13-25-29(34-26)32-17-33-30(25)35-27-16-23(37-19(3)20-4-6-21(31)7-5-20)10-15-28(27)38-24-11-8-22(36)9-12-24/h4-19,36H,1-3H3,(H,32,33,34,35). The molecule has 38 heavy (non-hydrogen) atoms. The number of anilines is 2. The summed E-state index contributed by atoms with van der Waals surface area (Å²) in [6.45, 7) is 6.12. The van der Waals surface area contributed by atoms with Crippen LogP contribution in [0.5, 0.6) is 11.5 Å². The third-order valence-electron chi connectivity index (χ3n) is 6.03. The lowest BCUT2D eigenvalue weighted by molar-refractivity contribution is 0.227. The molecule has 0 spiro atoms. The Morgan fingerprint density at radius 1 is 0.895 bits per heavy atom. The number of phenolic OH excluding ortho intramolecular Hbond substituents is 1. The number of aromatic nitrogens is 3. The molecule has 3 aromatic carbocycles. The van der Waals surface area contributed by atoms with Crippen molar-refractivity contribution in [1.82, 2.24) is 15.0 Å². The molecule has 0 saturated carbocycles. The van der Waals surface area contributed by atoms with E-state index in [0.717, 1.165) is 32.1 Å². The molecule has 0 bridgehead atoms. The van der Waals surface area contributed by atoms with Crippen molar-refractivity contribution in [2.24, 2.45) is 0 Å². The molecular weight excluding hydrogens is 499 g/mol. The Labute approximate surface area is 225 Å². The van der Waals surface area contributed by atoms with Gasteiger partial charge in [0.25, 0.3) is 0 Å². The largest absolute Gasteiger partial charge is 0.508 e. The van der Waals surface area contributed by atoms with Crippen molar-refractivity contribution in [2.75, 3.05) is 5.32 Å². The molecule has 2 heterocycles. The van der Waals surface area contributed by atoms with E-state index in [2.05, 4.69) is 29.1 Å². The number of fused-ring (bicyclic) bond motifs is 1. The molecule has 1 atom stereocenters. The lowest BCUT2D eigenvalue weighted by atomic mass is 10.1. The number of nitrogens with zero attached hydrogens (tertiary/aromatic N) is 3. The van der Waals surface area contributed by atoms with Gasteiger partial charge in [0.1, 0.15) is 35.6 Å². The number of nitrogens with one attached hydrogen (secondary N) is 1. The van der Waals surface area contributed by atoms with Gasteiger partial charge in [0, 0.05) is 21.6 Å². The number of hydrogen-bond acceptors (Lipinski definition) is 7. The quantitative estimate of drug-likeness (QED) is 0.212. The van der Waals surface area contributed by atoms with Gasteiger partial charge in [-0.25, -0.2) is 19.3 Å². The molecule has 0 fully saturated rings. The highest BCUT2D eigenvalue weighted by molar-refractivity contribution is 7.99. The van der Waals surface area contributed by atoms with Gasteiger partial charge in [0.2, 0.25) is 0 Å². The Balaban J connectivity index is 1.50. The highest BCUT2D eigenvalue weighted by atomic mass is 32.2. The van der Waals surface area contributed by atoms with Crippen LogP contribution in [0.3, 0.4) is 0 Å². The Kier molecular flexibility index (Phi) is 7.42. The minimum Gasteiger partial charge on any atom is -0.508 e. The maximum absolute atomic E-state index is 13.4. The third-order valence-corrected chi connectivity index (χ3v) is 7.11. The number of ether oxygens (including phenoxy) is 1. The summed E-state index contributed by atoms with van der Waals surface area (Å²) in [5, 5.41) is 14.0. The smallest absolute Gasteiger partial charge is 0.164 e. The van der Waals surface area contributed by atoms with Crippen molar-refractivity contribution in [3.8, 4) is 11.5 Å². The molecule has 0 aliphatic carbocycles. The normalized spacial score (nSPS) is 12.0. The first-order valence-corrected chi connectivity index (χ1v) is 13.1. The van der Waals surface area contributed by atoms with Crippen molar-refractivity contribution >= 4 is 34.3 Å². The summed E-state index contributed by atoms with van der Waals surface area (Å²) in [6.07, 6.45) is 1.23. The topological polar surface area (TPSA) is 80.2 Å². The van der Waals surface area contributed by atoms with Crippen LogP contribution in [0.4, 0.5) is 15.9 Å². The number of hydrogen-bond donors (Lipinski definition) is 2. The Morgan fingerprint density at radius 3 is 2.39 bits per heavy atom. The summed E-state index contributed by atoms with van der Waals surface area (Å²) in [6, 6.07) is 23.1. The number of pyridine rings is 1. The van der Waals surface area contributed by atoms with Crippen molar-refractivity contribution < 1.29 is 14.2 Å². The van der Waals surface area contributed by atoms with Gasteiger partial charge in [-0.05, 0) is 79.1 Å². The first-order chi connectivity index (χ1) is 18.4. The number of benzene rings is 3. The van der Waals surface area contributed by atoms with E-state index in [1.54, 1.807) is 36.0 Å². The molecule has 0 aliphatic heterocycles. The Hall–Kier alpha value is -4.17. The highest BCUT2D eigenvalue weighted by Crippen LogP contribution is 2.39. The minimum atomic E-state index is -0.282. The van der Waals surface area contributed by atoms with Gasteiger partial charge in [0.05, 0.1) is 11.1 Å². The van der Waals surface area contributed by atoms with Crippen molar-refractivity contribution in [2.45, 2.75) is 42.6 Å². The van der Waals surface area contributed by atoms with Crippen LogP contribution in [0, 0.1) is 5.82 Å². The second kappa shape index (κ2) is 11.1. The average molecular weight is 527 g/mol. The van der Waals surface area contributed by atoms with Crippen LogP contribution >= 0.6 is 11.8 Å². The van der Waals surface area contributed by atoms with Gasteiger partial charge in [-0.2, -0.15) is 0 Å². The van der Waals surface area contributed by atoms with Gasteiger partial charge in [0.15, 0.2) is 5.65 Å². The number of phenols is 1. The van der Waals surface area contributed by atoms with E-state index in [1.165, 1.54) is 18.5 Å². The minimum absolute atomic E-state index is 0.215. The number of aromatic hydroxyl groups is 1. The van der Waals surface area contributed by atoms with E-state index >= 15 is 0 Å². The molecule has 2 N–H and O–H groups in total. The monoisotopic (exact) mass is 526 g/mol. The molecule has 6 nitrogen and oxygen atoms in total. The van der Waals surface area contributed by atoms with Crippen molar-refractivity contribution in [3.63, 3.8) is 0 Å². The number of halogens is 1. The van der Waals surface area contributed by atoms with E-state index in [-0.39, 0.29) is 23.6 Å². The maximum atomic E-state index is 13.4. The fourth-order valence-corrected chi connectivity index (χ4v) is 4.80. The van der Waals surface area contributed by atoms with Gasteiger partial charge >= 0.3 is 0 Å². The number of rotatable bonds is 8. The van der Waals surface area contributed by atoms with Gasteiger partial charge in [-0.1, -0.05) is 37.7 Å². The molecule has 0 amide bonds. The molecule has 0 aliphatic rings. The molecule has 5 aromatic rings. The van der Waals surface area contributed by atoms with E-state index in [9.17, 15) is 9.50 Å².